The van der Waals surface area contributed by atoms with E-state index < -0.39 is 5.60 Å². The van der Waals surface area contributed by atoms with Gasteiger partial charge in [0, 0.05) is 4.83 Å². The maximum absolute atomic E-state index is 10.3. The van der Waals surface area contributed by atoms with Crippen molar-refractivity contribution in [1.82, 2.24) is 0 Å². The molecule has 2 heteroatoms. The molecule has 0 saturated heterocycles. The van der Waals surface area contributed by atoms with Gasteiger partial charge in [-0.05, 0) is 71.1 Å². The lowest BCUT2D eigenvalue weighted by Crippen LogP contribution is -2.40. The molecule has 0 spiro atoms. The van der Waals surface area contributed by atoms with Crippen molar-refractivity contribution < 1.29 is 5.11 Å². The zero-order valence-electron chi connectivity index (χ0n) is 15.0. The molecular formula is C20H33BrO. The fourth-order valence-electron chi connectivity index (χ4n) is 3.54. The molecule has 0 aromatic rings. The minimum atomic E-state index is -0.764. The number of rotatable bonds is 7. The Balaban J connectivity index is 2.90. The molecule has 1 N–H and O–H groups in total. The number of allylic oxidation sites excluding steroid dienone is 4. The quantitative estimate of drug-likeness (QED) is 0.419. The number of alkyl halides is 1. The summed E-state index contributed by atoms with van der Waals surface area (Å²) in [5.74, 6) is 0.516. The summed E-state index contributed by atoms with van der Waals surface area (Å²) < 4.78 is 0. The molecule has 4 atom stereocenters. The number of hydrogen-bond acceptors (Lipinski definition) is 1. The molecule has 1 rings (SSSR count). The minimum Gasteiger partial charge on any atom is -0.386 e. The van der Waals surface area contributed by atoms with Crippen molar-refractivity contribution in [3.63, 3.8) is 0 Å². The normalized spacial score (nSPS) is 31.1. The Labute approximate surface area is 145 Å². The third-order valence-corrected chi connectivity index (χ3v) is 6.74. The Morgan fingerprint density at radius 3 is 2.73 bits per heavy atom. The zero-order valence-corrected chi connectivity index (χ0v) is 16.5. The third-order valence-electron chi connectivity index (χ3n) is 5.32. The van der Waals surface area contributed by atoms with Crippen molar-refractivity contribution in [2.24, 2.45) is 11.3 Å². The summed E-state index contributed by atoms with van der Waals surface area (Å²) in [7, 11) is 0. The van der Waals surface area contributed by atoms with Gasteiger partial charge >= 0.3 is 0 Å². The fraction of sp³-hybridized carbons (Fsp3) is 0.700. The molecule has 0 aromatic carbocycles. The molecule has 0 bridgehead atoms. The van der Waals surface area contributed by atoms with Crippen molar-refractivity contribution in [2.75, 3.05) is 0 Å². The fourth-order valence-corrected chi connectivity index (χ4v) is 4.27. The molecule has 0 radical (unpaired) electrons. The van der Waals surface area contributed by atoms with Gasteiger partial charge in [-0.3, -0.25) is 0 Å². The standard InChI is InChI=1S/C20H33BrO/c1-7-19(5,22)14-12-17-16(4)10-11-18(21)20(17,6)13-8-9-15(2)3/h7,9-10,17-18,22H,1,8,11-14H2,2-6H3/t17-,18+,19?,20+/m1/s1. The molecule has 1 unspecified atom stereocenters. The van der Waals surface area contributed by atoms with Gasteiger partial charge in [0.2, 0.25) is 0 Å². The van der Waals surface area contributed by atoms with Crippen LogP contribution in [-0.2, 0) is 0 Å². The lowest BCUT2D eigenvalue weighted by molar-refractivity contribution is 0.0790. The third kappa shape index (κ3) is 5.09. The second-order valence-corrected chi connectivity index (χ2v) is 8.74. The van der Waals surface area contributed by atoms with Crippen LogP contribution in [0.4, 0.5) is 0 Å². The van der Waals surface area contributed by atoms with E-state index in [0.29, 0.717) is 10.7 Å². The monoisotopic (exact) mass is 368 g/mol. The second kappa shape index (κ2) is 7.97. The number of aliphatic hydroxyl groups is 1. The van der Waals surface area contributed by atoms with Crippen molar-refractivity contribution in [2.45, 2.75) is 77.2 Å². The van der Waals surface area contributed by atoms with Crippen LogP contribution in [0.2, 0.25) is 0 Å². The first-order chi connectivity index (χ1) is 10.1. The summed E-state index contributed by atoms with van der Waals surface area (Å²) >= 11 is 3.94. The van der Waals surface area contributed by atoms with E-state index in [2.05, 4.69) is 62.4 Å². The molecule has 0 saturated carbocycles. The van der Waals surface area contributed by atoms with Crippen molar-refractivity contribution in [3.05, 3.63) is 36.0 Å². The number of halogens is 1. The highest BCUT2D eigenvalue weighted by atomic mass is 79.9. The average Bonchev–Trinajstić information content (AvgIpc) is 2.43. The molecule has 126 valence electrons. The van der Waals surface area contributed by atoms with Crippen LogP contribution in [0.3, 0.4) is 0 Å². The molecule has 0 aliphatic heterocycles. The first-order valence-corrected chi connectivity index (χ1v) is 9.34. The van der Waals surface area contributed by atoms with Crippen LogP contribution in [-0.4, -0.2) is 15.5 Å². The molecule has 1 aliphatic rings. The summed E-state index contributed by atoms with van der Waals surface area (Å²) in [6, 6.07) is 0. The molecule has 22 heavy (non-hydrogen) atoms. The lowest BCUT2D eigenvalue weighted by atomic mass is 9.63. The molecule has 1 nitrogen and oxygen atoms in total. The Morgan fingerprint density at radius 2 is 2.18 bits per heavy atom. The van der Waals surface area contributed by atoms with Crippen LogP contribution in [0.5, 0.6) is 0 Å². The Morgan fingerprint density at radius 1 is 1.55 bits per heavy atom. The van der Waals surface area contributed by atoms with Gasteiger partial charge in [0.1, 0.15) is 0 Å². The lowest BCUT2D eigenvalue weighted by Gasteiger charge is -2.46. The van der Waals surface area contributed by atoms with E-state index in [0.717, 1.165) is 25.7 Å². The van der Waals surface area contributed by atoms with Crippen molar-refractivity contribution in [1.29, 1.82) is 0 Å². The molecule has 0 aromatic heterocycles. The van der Waals surface area contributed by atoms with Crippen LogP contribution in [0.1, 0.15) is 66.7 Å². The maximum atomic E-state index is 10.3. The largest absolute Gasteiger partial charge is 0.386 e. The van der Waals surface area contributed by atoms with Crippen LogP contribution >= 0.6 is 15.9 Å². The summed E-state index contributed by atoms with van der Waals surface area (Å²) in [5, 5.41) is 10.3. The second-order valence-electron chi connectivity index (χ2n) is 7.63. The van der Waals surface area contributed by atoms with E-state index in [4.69, 9.17) is 0 Å². The minimum absolute atomic E-state index is 0.238. The van der Waals surface area contributed by atoms with Gasteiger partial charge < -0.3 is 5.11 Å². The highest BCUT2D eigenvalue weighted by Gasteiger charge is 2.42. The van der Waals surface area contributed by atoms with Crippen LogP contribution in [0.15, 0.2) is 36.0 Å². The Hall–Kier alpha value is -0.340. The maximum Gasteiger partial charge on any atom is 0.0797 e. The van der Waals surface area contributed by atoms with E-state index in [1.807, 2.05) is 6.92 Å². The van der Waals surface area contributed by atoms with Crippen molar-refractivity contribution in [3.8, 4) is 0 Å². The summed E-state index contributed by atoms with van der Waals surface area (Å²) in [5.41, 5.74) is 2.35. The SMILES string of the molecule is C=CC(C)(O)CC[C@@H]1C(C)=CC[C@H](Br)[C@@]1(C)CCC=C(C)C. The molecule has 0 fully saturated rings. The van der Waals surface area contributed by atoms with E-state index in [1.165, 1.54) is 17.6 Å². The van der Waals surface area contributed by atoms with Gasteiger partial charge in [-0.25, -0.2) is 0 Å². The molecular weight excluding hydrogens is 336 g/mol. The smallest absolute Gasteiger partial charge is 0.0797 e. The first-order valence-electron chi connectivity index (χ1n) is 8.42. The zero-order chi connectivity index (χ0) is 17.0. The van der Waals surface area contributed by atoms with Gasteiger partial charge in [0.25, 0.3) is 0 Å². The van der Waals surface area contributed by atoms with Crippen molar-refractivity contribution >= 4 is 15.9 Å². The average molecular weight is 369 g/mol. The molecule has 1 aliphatic carbocycles. The van der Waals surface area contributed by atoms with E-state index in [-0.39, 0.29) is 5.41 Å². The first kappa shape index (κ1) is 19.7. The Bertz CT molecular complexity index is 443. The van der Waals surface area contributed by atoms with Crippen LogP contribution in [0, 0.1) is 11.3 Å². The predicted octanol–water partition coefficient (Wildman–Crippen LogP) is 6.19. The van der Waals surface area contributed by atoms with Gasteiger partial charge in [0.05, 0.1) is 5.60 Å². The highest BCUT2D eigenvalue weighted by Crippen LogP contribution is 2.50. The van der Waals surface area contributed by atoms with E-state index in [1.54, 1.807) is 6.08 Å². The Kier molecular flexibility index (Phi) is 7.14. The van der Waals surface area contributed by atoms with Crippen LogP contribution in [0.25, 0.3) is 0 Å². The van der Waals surface area contributed by atoms with Gasteiger partial charge in [-0.2, -0.15) is 0 Å². The topological polar surface area (TPSA) is 20.2 Å². The van der Waals surface area contributed by atoms with Gasteiger partial charge in [-0.1, -0.05) is 52.2 Å². The highest BCUT2D eigenvalue weighted by molar-refractivity contribution is 9.09. The van der Waals surface area contributed by atoms with E-state index >= 15 is 0 Å². The van der Waals surface area contributed by atoms with E-state index in [9.17, 15) is 5.11 Å². The number of hydrogen-bond donors (Lipinski definition) is 1. The van der Waals surface area contributed by atoms with Crippen LogP contribution < -0.4 is 0 Å². The summed E-state index contributed by atoms with van der Waals surface area (Å²) in [6.45, 7) is 14.6. The van der Waals surface area contributed by atoms with Gasteiger partial charge in [0.15, 0.2) is 0 Å². The summed E-state index contributed by atoms with van der Waals surface area (Å²) in [4.78, 5) is 0.507. The van der Waals surface area contributed by atoms with Gasteiger partial charge in [-0.15, -0.1) is 6.58 Å². The predicted molar refractivity (Wildman–Crippen MR) is 101 cm³/mol. The molecule has 0 heterocycles. The summed E-state index contributed by atoms with van der Waals surface area (Å²) in [6.07, 6.45) is 11.6. The molecule has 0 amide bonds.